The summed E-state index contributed by atoms with van der Waals surface area (Å²) in [6.07, 6.45) is 0. The van der Waals surface area contributed by atoms with Crippen LogP contribution < -0.4 is 21.1 Å². The molecule has 13 heteroatoms. The molecule has 0 radical (unpaired) electrons. The lowest BCUT2D eigenvalue weighted by atomic mass is 10.1. The Bertz CT molecular complexity index is 1140. The third-order valence-electron chi connectivity index (χ3n) is 5.26. The molecule has 2 fully saturated rings. The van der Waals surface area contributed by atoms with Crippen molar-refractivity contribution in [1.29, 1.82) is 0 Å². The number of aromatic amines is 1. The van der Waals surface area contributed by atoms with Crippen molar-refractivity contribution in [3.8, 4) is 11.3 Å². The third-order valence-corrected chi connectivity index (χ3v) is 6.00. The largest absolute Gasteiger partial charge is 0.398 e. The van der Waals surface area contributed by atoms with Gasteiger partial charge in [0.25, 0.3) is 5.56 Å². The van der Waals surface area contributed by atoms with Crippen LogP contribution >= 0.6 is 11.8 Å². The minimum atomic E-state index is -0.388. The van der Waals surface area contributed by atoms with Crippen LogP contribution in [0.4, 0.5) is 17.6 Å². The van der Waals surface area contributed by atoms with E-state index in [1.807, 2.05) is 0 Å². The van der Waals surface area contributed by atoms with E-state index in [1.54, 1.807) is 24.3 Å². The normalized spacial score (nSPS) is 16.7. The van der Waals surface area contributed by atoms with E-state index in [9.17, 15) is 4.79 Å². The molecular weight excluding hydrogens is 446 g/mol. The van der Waals surface area contributed by atoms with Crippen LogP contribution in [0.1, 0.15) is 0 Å². The number of anilines is 3. The van der Waals surface area contributed by atoms with E-state index in [0.29, 0.717) is 80.9 Å². The van der Waals surface area contributed by atoms with E-state index >= 15 is 0 Å². The van der Waals surface area contributed by atoms with Gasteiger partial charge in [0.05, 0.1) is 26.4 Å². The summed E-state index contributed by atoms with van der Waals surface area (Å²) in [6, 6.07) is 7.03. The second-order valence-corrected chi connectivity index (χ2v) is 8.37. The van der Waals surface area contributed by atoms with Crippen molar-refractivity contribution in [2.45, 2.75) is 10.3 Å². The standard InChI is InChI=1S/C20H23N9O3S/c21-14-4-2-1-3-13(14)15-16(30)22-20(27-26-15)33-19-24-17(28-5-9-31-10-6-28)23-18(25-19)29-7-11-32-12-8-29/h1-4H,5-12,21H2,(H,22,27,30). The number of aromatic nitrogens is 6. The maximum Gasteiger partial charge on any atom is 0.278 e. The highest BCUT2D eigenvalue weighted by atomic mass is 32.2. The molecule has 2 saturated heterocycles. The van der Waals surface area contributed by atoms with Crippen molar-refractivity contribution in [2.75, 3.05) is 68.1 Å². The van der Waals surface area contributed by atoms with Crippen molar-refractivity contribution in [3.63, 3.8) is 0 Å². The van der Waals surface area contributed by atoms with Gasteiger partial charge in [0.2, 0.25) is 17.1 Å². The molecule has 3 aromatic rings. The molecule has 5 rings (SSSR count). The molecule has 0 atom stereocenters. The number of rotatable bonds is 5. The minimum Gasteiger partial charge on any atom is -0.398 e. The Hall–Kier alpha value is -3.29. The van der Waals surface area contributed by atoms with Gasteiger partial charge >= 0.3 is 0 Å². The molecule has 3 N–H and O–H groups in total. The zero-order valence-electron chi connectivity index (χ0n) is 17.8. The topological polar surface area (TPSA) is 148 Å². The van der Waals surface area contributed by atoms with E-state index in [4.69, 9.17) is 15.2 Å². The number of ether oxygens (including phenoxy) is 2. The maximum absolute atomic E-state index is 12.7. The second-order valence-electron chi connectivity index (χ2n) is 7.41. The fourth-order valence-corrected chi connectivity index (χ4v) is 4.19. The van der Waals surface area contributed by atoms with E-state index in [2.05, 4.69) is 39.9 Å². The van der Waals surface area contributed by atoms with E-state index in [-0.39, 0.29) is 16.4 Å². The summed E-state index contributed by atoms with van der Waals surface area (Å²) in [7, 11) is 0. The summed E-state index contributed by atoms with van der Waals surface area (Å²) in [4.78, 5) is 33.5. The molecule has 172 valence electrons. The number of hydrogen-bond acceptors (Lipinski definition) is 12. The molecular formula is C20H23N9O3S. The Labute approximate surface area is 193 Å². The van der Waals surface area contributed by atoms with Crippen LogP contribution in [0.2, 0.25) is 0 Å². The molecule has 2 aromatic heterocycles. The van der Waals surface area contributed by atoms with Gasteiger partial charge in [0.15, 0.2) is 10.9 Å². The van der Waals surface area contributed by atoms with Crippen molar-refractivity contribution >= 4 is 29.3 Å². The number of nitrogens with zero attached hydrogens (tertiary/aromatic N) is 7. The lowest BCUT2D eigenvalue weighted by Crippen LogP contribution is -2.40. The van der Waals surface area contributed by atoms with Crippen molar-refractivity contribution in [2.24, 2.45) is 0 Å². The molecule has 0 bridgehead atoms. The highest BCUT2D eigenvalue weighted by Crippen LogP contribution is 2.26. The van der Waals surface area contributed by atoms with Crippen molar-refractivity contribution in [1.82, 2.24) is 30.1 Å². The number of hydrogen-bond donors (Lipinski definition) is 2. The first kappa shape index (κ1) is 21.6. The van der Waals surface area contributed by atoms with Crippen molar-refractivity contribution in [3.05, 3.63) is 34.6 Å². The van der Waals surface area contributed by atoms with Crippen LogP contribution in [-0.2, 0) is 9.47 Å². The molecule has 4 heterocycles. The predicted molar refractivity (Wildman–Crippen MR) is 123 cm³/mol. The molecule has 12 nitrogen and oxygen atoms in total. The highest BCUT2D eigenvalue weighted by molar-refractivity contribution is 7.99. The molecule has 2 aliphatic heterocycles. The molecule has 0 unspecified atom stereocenters. The summed E-state index contributed by atoms with van der Waals surface area (Å²) in [6.45, 7) is 5.24. The first-order chi connectivity index (χ1) is 16.2. The Kier molecular flexibility index (Phi) is 6.32. The highest BCUT2D eigenvalue weighted by Gasteiger charge is 2.22. The van der Waals surface area contributed by atoms with Gasteiger partial charge < -0.3 is 25.0 Å². The second kappa shape index (κ2) is 9.68. The summed E-state index contributed by atoms with van der Waals surface area (Å²) in [5.74, 6) is 1.14. The summed E-state index contributed by atoms with van der Waals surface area (Å²) in [5, 5.41) is 8.99. The predicted octanol–water partition coefficient (Wildman–Crippen LogP) is 0.424. The van der Waals surface area contributed by atoms with Gasteiger partial charge in [-0.1, -0.05) is 18.2 Å². The Morgan fingerprint density at radius 2 is 1.48 bits per heavy atom. The maximum atomic E-state index is 12.7. The number of para-hydroxylation sites is 1. The molecule has 0 amide bonds. The van der Waals surface area contributed by atoms with Gasteiger partial charge in [-0.25, -0.2) is 0 Å². The summed E-state index contributed by atoms with van der Waals surface area (Å²) >= 11 is 1.13. The van der Waals surface area contributed by atoms with E-state index < -0.39 is 0 Å². The Balaban J connectivity index is 1.45. The Morgan fingerprint density at radius 1 is 0.879 bits per heavy atom. The van der Waals surface area contributed by atoms with Crippen LogP contribution in [-0.4, -0.2) is 82.7 Å². The smallest absolute Gasteiger partial charge is 0.278 e. The first-order valence-electron chi connectivity index (χ1n) is 10.6. The number of nitrogens with one attached hydrogen (secondary N) is 1. The lowest BCUT2D eigenvalue weighted by molar-refractivity contribution is 0.121. The van der Waals surface area contributed by atoms with Gasteiger partial charge in [0, 0.05) is 37.4 Å². The fourth-order valence-electron chi connectivity index (χ4n) is 3.53. The van der Waals surface area contributed by atoms with Crippen LogP contribution in [0.25, 0.3) is 11.3 Å². The quantitative estimate of drug-likeness (QED) is 0.499. The monoisotopic (exact) mass is 469 g/mol. The van der Waals surface area contributed by atoms with Gasteiger partial charge in [-0.3, -0.25) is 9.78 Å². The van der Waals surface area contributed by atoms with Crippen molar-refractivity contribution < 1.29 is 9.47 Å². The van der Waals surface area contributed by atoms with Crippen LogP contribution in [0.5, 0.6) is 0 Å². The van der Waals surface area contributed by atoms with Gasteiger partial charge in [-0.2, -0.15) is 15.0 Å². The molecule has 0 aliphatic carbocycles. The molecule has 0 saturated carbocycles. The van der Waals surface area contributed by atoms with E-state index in [0.717, 1.165) is 11.8 Å². The summed E-state index contributed by atoms with van der Waals surface area (Å²) < 4.78 is 10.9. The minimum absolute atomic E-state index is 0.163. The van der Waals surface area contributed by atoms with Gasteiger partial charge in [0.1, 0.15) is 0 Å². The van der Waals surface area contributed by atoms with Crippen LogP contribution in [0.3, 0.4) is 0 Å². The molecule has 0 spiro atoms. The number of morpholine rings is 2. The number of nitrogen functional groups attached to an aromatic ring is 1. The zero-order valence-corrected chi connectivity index (χ0v) is 18.6. The number of nitrogens with two attached hydrogens (primary N) is 1. The number of H-pyrrole nitrogens is 1. The summed E-state index contributed by atoms with van der Waals surface area (Å²) in [5.41, 5.74) is 6.75. The Morgan fingerprint density at radius 3 is 2.06 bits per heavy atom. The van der Waals surface area contributed by atoms with E-state index in [1.165, 1.54) is 0 Å². The van der Waals surface area contributed by atoms with Crippen LogP contribution in [0, 0.1) is 0 Å². The third kappa shape index (κ3) is 4.89. The molecule has 33 heavy (non-hydrogen) atoms. The SMILES string of the molecule is Nc1ccccc1-c1nnc(Sc2nc(N3CCOCC3)nc(N3CCOCC3)n2)[nH]c1=O. The average molecular weight is 470 g/mol. The zero-order chi connectivity index (χ0) is 22.6. The van der Waals surface area contributed by atoms with Gasteiger partial charge in [-0.05, 0) is 17.8 Å². The molecule has 2 aliphatic rings. The number of benzene rings is 1. The van der Waals surface area contributed by atoms with Gasteiger partial charge in [-0.15, -0.1) is 10.2 Å². The first-order valence-corrected chi connectivity index (χ1v) is 11.4. The van der Waals surface area contributed by atoms with Crippen LogP contribution in [0.15, 0.2) is 39.4 Å². The fraction of sp³-hybridized carbons (Fsp3) is 0.400. The average Bonchev–Trinajstić information content (AvgIpc) is 2.86. The lowest BCUT2D eigenvalue weighted by Gasteiger charge is -2.30. The molecule has 1 aromatic carbocycles.